The first-order valence-corrected chi connectivity index (χ1v) is 15.0. The Labute approximate surface area is 254 Å². The third-order valence-corrected chi connectivity index (χ3v) is 8.39. The second kappa shape index (κ2) is 10.9. The topological polar surface area (TPSA) is 3.24 Å². The summed E-state index contributed by atoms with van der Waals surface area (Å²) >= 11 is 0. The lowest BCUT2D eigenvalue weighted by atomic mass is 9.87. The van der Waals surface area contributed by atoms with Crippen molar-refractivity contribution < 1.29 is 0 Å². The van der Waals surface area contributed by atoms with Crippen LogP contribution in [-0.2, 0) is 5.41 Å². The van der Waals surface area contributed by atoms with Crippen LogP contribution in [0.5, 0.6) is 0 Å². The van der Waals surface area contributed by atoms with Gasteiger partial charge in [0.15, 0.2) is 0 Å². The molecule has 0 unspecified atom stereocenters. The van der Waals surface area contributed by atoms with Crippen molar-refractivity contribution in [2.75, 3.05) is 4.90 Å². The molecule has 0 saturated heterocycles. The first-order chi connectivity index (χ1) is 21.0. The Morgan fingerprint density at radius 3 is 1.58 bits per heavy atom. The maximum atomic E-state index is 2.40. The maximum Gasteiger partial charge on any atom is 0.0546 e. The zero-order valence-corrected chi connectivity index (χ0v) is 25.0. The minimum atomic E-state index is 0.0857. The molecule has 0 aromatic heterocycles. The summed E-state index contributed by atoms with van der Waals surface area (Å²) in [6, 6.07) is 57.4. The summed E-state index contributed by atoms with van der Waals surface area (Å²) in [6.07, 6.45) is 0. The number of para-hydroxylation sites is 1. The Balaban J connectivity index is 1.51. The molecular weight excluding hydrogens is 518 g/mol. The Bertz CT molecular complexity index is 2050. The zero-order valence-electron chi connectivity index (χ0n) is 25.0. The van der Waals surface area contributed by atoms with Crippen LogP contribution < -0.4 is 4.90 Å². The standard InChI is InChI=1S/C42H35N/c1-42(2,3)36-24-26-38(27-25-36)43(37-16-5-4-6-17-37)40-19-11-18-39(34-22-20-30-12-7-9-14-32(30)28-34)41(40)35-23-21-31-13-8-10-15-33(31)29-35/h4-29H,1-3H3. The van der Waals surface area contributed by atoms with E-state index in [9.17, 15) is 0 Å². The number of rotatable bonds is 5. The van der Waals surface area contributed by atoms with E-state index in [1.54, 1.807) is 0 Å². The fourth-order valence-corrected chi connectivity index (χ4v) is 6.09. The summed E-state index contributed by atoms with van der Waals surface area (Å²) in [5.74, 6) is 0. The van der Waals surface area contributed by atoms with Crippen molar-refractivity contribution in [3.05, 3.63) is 163 Å². The fourth-order valence-electron chi connectivity index (χ4n) is 6.09. The van der Waals surface area contributed by atoms with Gasteiger partial charge in [-0.25, -0.2) is 0 Å². The quantitative estimate of drug-likeness (QED) is 0.205. The molecule has 0 aliphatic heterocycles. The first-order valence-electron chi connectivity index (χ1n) is 15.0. The van der Waals surface area contributed by atoms with Gasteiger partial charge < -0.3 is 4.90 Å². The summed E-state index contributed by atoms with van der Waals surface area (Å²) in [7, 11) is 0. The Morgan fingerprint density at radius 2 is 0.953 bits per heavy atom. The SMILES string of the molecule is CC(C)(C)c1ccc(N(c2ccccc2)c2cccc(-c3ccc4ccccc4c3)c2-c2ccc3ccccc3c2)cc1. The van der Waals surface area contributed by atoms with Crippen LogP contribution in [-0.4, -0.2) is 0 Å². The highest BCUT2D eigenvalue weighted by Crippen LogP contribution is 2.46. The van der Waals surface area contributed by atoms with Gasteiger partial charge in [-0.3, -0.25) is 0 Å². The van der Waals surface area contributed by atoms with Crippen LogP contribution in [0.4, 0.5) is 17.1 Å². The lowest BCUT2D eigenvalue weighted by Crippen LogP contribution is -2.14. The number of fused-ring (bicyclic) bond motifs is 2. The molecule has 7 aromatic carbocycles. The molecule has 1 nitrogen and oxygen atoms in total. The molecule has 208 valence electrons. The van der Waals surface area contributed by atoms with Gasteiger partial charge in [-0.05, 0) is 91.7 Å². The third kappa shape index (κ3) is 5.19. The molecule has 0 spiro atoms. The van der Waals surface area contributed by atoms with Crippen LogP contribution in [0.2, 0.25) is 0 Å². The van der Waals surface area contributed by atoms with Gasteiger partial charge in [0.05, 0.1) is 5.69 Å². The van der Waals surface area contributed by atoms with Gasteiger partial charge >= 0.3 is 0 Å². The fraction of sp³-hybridized carbons (Fsp3) is 0.0952. The third-order valence-electron chi connectivity index (χ3n) is 8.39. The van der Waals surface area contributed by atoms with Crippen LogP contribution in [0.1, 0.15) is 26.3 Å². The first kappa shape index (κ1) is 26.7. The normalized spacial score (nSPS) is 11.6. The van der Waals surface area contributed by atoms with E-state index < -0.39 is 0 Å². The average Bonchev–Trinajstić information content (AvgIpc) is 3.05. The molecular formula is C42H35N. The van der Waals surface area contributed by atoms with Crippen molar-refractivity contribution in [1.82, 2.24) is 0 Å². The average molecular weight is 554 g/mol. The van der Waals surface area contributed by atoms with Crippen molar-refractivity contribution in [2.24, 2.45) is 0 Å². The number of benzene rings is 7. The second-order valence-corrected chi connectivity index (χ2v) is 12.3. The highest BCUT2D eigenvalue weighted by atomic mass is 15.1. The Hall–Kier alpha value is -5.14. The second-order valence-electron chi connectivity index (χ2n) is 12.3. The summed E-state index contributed by atoms with van der Waals surface area (Å²) in [5, 5.41) is 4.97. The molecule has 1 heteroatoms. The molecule has 0 heterocycles. The lowest BCUT2D eigenvalue weighted by Gasteiger charge is -2.30. The van der Waals surface area contributed by atoms with E-state index in [1.165, 1.54) is 49.4 Å². The predicted octanol–water partition coefficient (Wildman–Crippen LogP) is 12.1. The molecule has 0 atom stereocenters. The highest BCUT2D eigenvalue weighted by molar-refractivity contribution is 6.00. The number of nitrogens with zero attached hydrogens (tertiary/aromatic N) is 1. The van der Waals surface area contributed by atoms with Crippen LogP contribution in [0.15, 0.2) is 158 Å². The van der Waals surface area contributed by atoms with Gasteiger partial charge in [0.2, 0.25) is 0 Å². The van der Waals surface area contributed by atoms with Gasteiger partial charge in [0, 0.05) is 16.9 Å². The summed E-state index contributed by atoms with van der Waals surface area (Å²) in [4.78, 5) is 2.40. The van der Waals surface area contributed by atoms with Crippen molar-refractivity contribution in [3.63, 3.8) is 0 Å². The smallest absolute Gasteiger partial charge is 0.0546 e. The highest BCUT2D eigenvalue weighted by Gasteiger charge is 2.22. The summed E-state index contributed by atoms with van der Waals surface area (Å²) < 4.78 is 0. The molecule has 0 amide bonds. The number of hydrogen-bond donors (Lipinski definition) is 0. The van der Waals surface area contributed by atoms with Gasteiger partial charge in [-0.2, -0.15) is 0 Å². The molecule has 43 heavy (non-hydrogen) atoms. The van der Waals surface area contributed by atoms with Gasteiger partial charge in [-0.15, -0.1) is 0 Å². The van der Waals surface area contributed by atoms with E-state index in [0.29, 0.717) is 0 Å². The Morgan fingerprint density at radius 1 is 0.419 bits per heavy atom. The molecule has 0 fully saturated rings. The maximum absolute atomic E-state index is 2.40. The molecule has 0 radical (unpaired) electrons. The van der Waals surface area contributed by atoms with Crippen molar-refractivity contribution in [3.8, 4) is 22.3 Å². The van der Waals surface area contributed by atoms with Crippen molar-refractivity contribution >= 4 is 38.6 Å². The summed E-state index contributed by atoms with van der Waals surface area (Å²) in [5.41, 5.74) is 9.66. The van der Waals surface area contributed by atoms with Crippen LogP contribution in [0.3, 0.4) is 0 Å². The summed E-state index contributed by atoms with van der Waals surface area (Å²) in [6.45, 7) is 6.80. The lowest BCUT2D eigenvalue weighted by molar-refractivity contribution is 0.590. The van der Waals surface area contributed by atoms with Gasteiger partial charge in [-0.1, -0.05) is 136 Å². The van der Waals surface area contributed by atoms with Gasteiger partial charge in [0.1, 0.15) is 0 Å². The molecule has 0 saturated carbocycles. The predicted molar refractivity (Wildman–Crippen MR) is 186 cm³/mol. The minimum Gasteiger partial charge on any atom is -0.310 e. The molecule has 0 N–H and O–H groups in total. The van der Waals surface area contributed by atoms with E-state index in [0.717, 1.165) is 17.1 Å². The minimum absolute atomic E-state index is 0.0857. The molecule has 0 aliphatic carbocycles. The van der Waals surface area contributed by atoms with E-state index in [4.69, 9.17) is 0 Å². The molecule has 0 aliphatic rings. The number of anilines is 3. The van der Waals surface area contributed by atoms with E-state index >= 15 is 0 Å². The van der Waals surface area contributed by atoms with Crippen LogP contribution in [0.25, 0.3) is 43.8 Å². The molecule has 7 aromatic rings. The van der Waals surface area contributed by atoms with Crippen LogP contribution >= 0.6 is 0 Å². The van der Waals surface area contributed by atoms with E-state index in [1.807, 2.05) is 0 Å². The number of hydrogen-bond acceptors (Lipinski definition) is 1. The molecule has 0 bridgehead atoms. The Kier molecular flexibility index (Phi) is 6.80. The van der Waals surface area contributed by atoms with Gasteiger partial charge in [0.25, 0.3) is 0 Å². The monoisotopic (exact) mass is 553 g/mol. The van der Waals surface area contributed by atoms with E-state index in [-0.39, 0.29) is 5.41 Å². The zero-order chi connectivity index (χ0) is 29.4. The molecule has 7 rings (SSSR count). The van der Waals surface area contributed by atoms with E-state index in [2.05, 4.69) is 183 Å². The van der Waals surface area contributed by atoms with Crippen LogP contribution in [0, 0.1) is 0 Å². The van der Waals surface area contributed by atoms with Crippen molar-refractivity contribution in [1.29, 1.82) is 0 Å². The van der Waals surface area contributed by atoms with Crippen molar-refractivity contribution in [2.45, 2.75) is 26.2 Å². The largest absolute Gasteiger partial charge is 0.310 e.